The molecule has 0 heterocycles. The summed E-state index contributed by atoms with van der Waals surface area (Å²) in [4.78, 5) is 0. The Bertz CT molecular complexity index is 747. The van der Waals surface area contributed by atoms with Gasteiger partial charge in [-0.25, -0.2) is 0 Å². The van der Waals surface area contributed by atoms with Gasteiger partial charge in [0.1, 0.15) is 5.75 Å². The van der Waals surface area contributed by atoms with E-state index in [9.17, 15) is 5.11 Å². The van der Waals surface area contributed by atoms with Gasteiger partial charge >= 0.3 is 0 Å². The lowest BCUT2D eigenvalue weighted by molar-refractivity contribution is 0.282. The van der Waals surface area contributed by atoms with Gasteiger partial charge in [-0.2, -0.15) is 0 Å². The van der Waals surface area contributed by atoms with Gasteiger partial charge in [-0.1, -0.05) is 48.5 Å². The van der Waals surface area contributed by atoms with E-state index in [1.165, 1.54) is 5.39 Å². The maximum absolute atomic E-state index is 9.32. The van der Waals surface area contributed by atoms with Crippen molar-refractivity contribution in [3.63, 3.8) is 0 Å². The first-order valence-corrected chi connectivity index (χ1v) is 6.59. The van der Waals surface area contributed by atoms with Gasteiger partial charge in [0.2, 0.25) is 0 Å². The lowest BCUT2D eigenvalue weighted by Gasteiger charge is -2.13. The minimum Gasteiger partial charge on any atom is -0.496 e. The largest absolute Gasteiger partial charge is 0.496 e. The maximum atomic E-state index is 9.32. The Morgan fingerprint density at radius 1 is 0.950 bits per heavy atom. The second kappa shape index (κ2) is 5.35. The normalized spacial score (nSPS) is 10.7. The van der Waals surface area contributed by atoms with Crippen LogP contribution in [0.4, 0.5) is 0 Å². The summed E-state index contributed by atoms with van der Waals surface area (Å²) in [6.45, 7) is 0.0426. The van der Waals surface area contributed by atoms with Crippen molar-refractivity contribution in [2.24, 2.45) is 0 Å². The fourth-order valence-corrected chi connectivity index (χ4v) is 2.54. The van der Waals surface area contributed by atoms with Crippen molar-refractivity contribution in [3.8, 4) is 16.9 Å². The summed E-state index contributed by atoms with van der Waals surface area (Å²) in [7, 11) is 1.68. The minimum absolute atomic E-state index is 0.0426. The number of methoxy groups -OCH3 is 1. The predicted molar refractivity (Wildman–Crippen MR) is 81.9 cm³/mol. The summed E-state index contributed by atoms with van der Waals surface area (Å²) in [5, 5.41) is 11.7. The minimum atomic E-state index is 0.0426. The summed E-state index contributed by atoms with van der Waals surface area (Å²) in [5.41, 5.74) is 3.03. The Kier molecular flexibility index (Phi) is 3.40. The van der Waals surface area contributed by atoms with Crippen LogP contribution in [0.5, 0.6) is 5.75 Å². The molecule has 3 rings (SSSR count). The second-order valence-electron chi connectivity index (χ2n) is 4.72. The number of rotatable bonds is 3. The molecule has 3 aromatic carbocycles. The van der Waals surface area contributed by atoms with E-state index in [1.54, 1.807) is 7.11 Å². The van der Waals surface area contributed by atoms with Crippen molar-refractivity contribution in [1.29, 1.82) is 0 Å². The highest BCUT2D eigenvalue weighted by Gasteiger charge is 2.10. The molecule has 0 aliphatic heterocycles. The zero-order valence-electron chi connectivity index (χ0n) is 11.3. The maximum Gasteiger partial charge on any atom is 0.127 e. The Morgan fingerprint density at radius 2 is 1.80 bits per heavy atom. The van der Waals surface area contributed by atoms with Crippen molar-refractivity contribution >= 4 is 10.8 Å². The van der Waals surface area contributed by atoms with Gasteiger partial charge in [-0.3, -0.25) is 0 Å². The first-order valence-electron chi connectivity index (χ1n) is 6.59. The van der Waals surface area contributed by atoms with Crippen LogP contribution in [-0.4, -0.2) is 12.2 Å². The average molecular weight is 264 g/mol. The van der Waals surface area contributed by atoms with Crippen LogP contribution in [0.3, 0.4) is 0 Å². The van der Waals surface area contributed by atoms with E-state index >= 15 is 0 Å². The monoisotopic (exact) mass is 264 g/mol. The molecule has 0 fully saturated rings. The summed E-state index contributed by atoms with van der Waals surface area (Å²) in [5.74, 6) is 0.846. The van der Waals surface area contributed by atoms with Crippen molar-refractivity contribution in [2.45, 2.75) is 6.61 Å². The SMILES string of the molecule is COc1ccc2ccccc2c1-c1cccc(CO)c1. The van der Waals surface area contributed by atoms with Crippen molar-refractivity contribution in [2.75, 3.05) is 7.11 Å². The molecule has 0 unspecified atom stereocenters. The van der Waals surface area contributed by atoms with Crippen LogP contribution in [0, 0.1) is 0 Å². The topological polar surface area (TPSA) is 29.5 Å². The van der Waals surface area contributed by atoms with E-state index in [4.69, 9.17) is 4.74 Å². The van der Waals surface area contributed by atoms with Gasteiger partial charge in [0.05, 0.1) is 13.7 Å². The second-order valence-corrected chi connectivity index (χ2v) is 4.72. The van der Waals surface area contributed by atoms with Crippen LogP contribution in [0.15, 0.2) is 60.7 Å². The third-order valence-electron chi connectivity index (χ3n) is 3.51. The quantitative estimate of drug-likeness (QED) is 0.774. The van der Waals surface area contributed by atoms with Gasteiger partial charge in [0, 0.05) is 5.56 Å². The molecule has 100 valence electrons. The molecule has 0 amide bonds. The van der Waals surface area contributed by atoms with E-state index in [2.05, 4.69) is 18.2 Å². The molecule has 0 bridgehead atoms. The van der Waals surface area contributed by atoms with Crippen molar-refractivity contribution < 1.29 is 9.84 Å². The first kappa shape index (κ1) is 12.7. The zero-order valence-corrected chi connectivity index (χ0v) is 11.3. The Labute approximate surface area is 118 Å². The molecular weight excluding hydrogens is 248 g/mol. The summed E-state index contributed by atoms with van der Waals surface area (Å²) < 4.78 is 5.52. The number of hydrogen-bond acceptors (Lipinski definition) is 2. The molecule has 0 aromatic heterocycles. The smallest absolute Gasteiger partial charge is 0.127 e. The Hall–Kier alpha value is -2.32. The number of fused-ring (bicyclic) bond motifs is 1. The zero-order chi connectivity index (χ0) is 13.9. The molecule has 1 N–H and O–H groups in total. The fraction of sp³-hybridized carbons (Fsp3) is 0.111. The molecule has 3 aromatic rings. The number of aliphatic hydroxyl groups excluding tert-OH is 1. The highest BCUT2D eigenvalue weighted by Crippen LogP contribution is 2.37. The molecule has 0 aliphatic rings. The highest BCUT2D eigenvalue weighted by molar-refractivity contribution is 5.99. The van der Waals surface area contributed by atoms with E-state index in [0.717, 1.165) is 27.8 Å². The molecule has 2 heteroatoms. The number of ether oxygens (including phenoxy) is 1. The van der Waals surface area contributed by atoms with E-state index < -0.39 is 0 Å². The summed E-state index contributed by atoms with van der Waals surface area (Å²) in [6, 6.07) is 20.2. The van der Waals surface area contributed by atoms with Crippen LogP contribution in [0.25, 0.3) is 21.9 Å². The molecule has 2 nitrogen and oxygen atoms in total. The van der Waals surface area contributed by atoms with Gasteiger partial charge in [0.25, 0.3) is 0 Å². The summed E-state index contributed by atoms with van der Waals surface area (Å²) in [6.07, 6.45) is 0. The van der Waals surface area contributed by atoms with Crippen molar-refractivity contribution in [1.82, 2.24) is 0 Å². The van der Waals surface area contributed by atoms with Crippen LogP contribution < -0.4 is 4.74 Å². The molecule has 0 radical (unpaired) electrons. The highest BCUT2D eigenvalue weighted by atomic mass is 16.5. The summed E-state index contributed by atoms with van der Waals surface area (Å²) >= 11 is 0. The lowest BCUT2D eigenvalue weighted by atomic mass is 9.96. The first-order chi connectivity index (χ1) is 9.83. The Balaban J connectivity index is 2.32. The average Bonchev–Trinajstić information content (AvgIpc) is 2.53. The third-order valence-corrected chi connectivity index (χ3v) is 3.51. The third kappa shape index (κ3) is 2.15. The van der Waals surface area contributed by atoms with Gasteiger partial charge in [-0.15, -0.1) is 0 Å². The predicted octanol–water partition coefficient (Wildman–Crippen LogP) is 4.01. The van der Waals surface area contributed by atoms with E-state index in [1.807, 2.05) is 42.5 Å². The van der Waals surface area contributed by atoms with E-state index in [-0.39, 0.29) is 6.61 Å². The number of aliphatic hydroxyl groups is 1. The number of hydrogen-bond donors (Lipinski definition) is 1. The van der Waals surface area contributed by atoms with Crippen molar-refractivity contribution in [3.05, 3.63) is 66.2 Å². The molecule has 20 heavy (non-hydrogen) atoms. The van der Waals surface area contributed by atoms with Crippen LogP contribution in [0.1, 0.15) is 5.56 Å². The molecule has 0 saturated carbocycles. The standard InChI is InChI=1S/C18H16O2/c1-20-17-10-9-14-6-2-3-8-16(14)18(17)15-7-4-5-13(11-15)12-19/h2-11,19H,12H2,1H3. The molecular formula is C18H16O2. The molecule has 0 aliphatic carbocycles. The van der Waals surface area contributed by atoms with Gasteiger partial charge in [0.15, 0.2) is 0 Å². The van der Waals surface area contributed by atoms with Crippen LogP contribution in [0.2, 0.25) is 0 Å². The van der Waals surface area contributed by atoms with Gasteiger partial charge in [-0.05, 0) is 34.0 Å². The molecule has 0 atom stereocenters. The van der Waals surface area contributed by atoms with Crippen LogP contribution in [-0.2, 0) is 6.61 Å². The molecule has 0 spiro atoms. The number of benzene rings is 3. The Morgan fingerprint density at radius 3 is 2.60 bits per heavy atom. The molecule has 0 saturated heterocycles. The van der Waals surface area contributed by atoms with Gasteiger partial charge < -0.3 is 9.84 Å². The van der Waals surface area contributed by atoms with E-state index in [0.29, 0.717) is 0 Å². The fourth-order valence-electron chi connectivity index (χ4n) is 2.54. The van der Waals surface area contributed by atoms with Crippen LogP contribution >= 0.6 is 0 Å². The lowest BCUT2D eigenvalue weighted by Crippen LogP contribution is -1.91.